The van der Waals surface area contributed by atoms with Crippen LogP contribution < -0.4 is 10.5 Å². The van der Waals surface area contributed by atoms with E-state index < -0.39 is 0 Å². The first-order chi connectivity index (χ1) is 7.58. The maximum Gasteiger partial charge on any atom is 0.318 e. The van der Waals surface area contributed by atoms with Crippen LogP contribution in [0.25, 0.3) is 0 Å². The summed E-state index contributed by atoms with van der Waals surface area (Å²) in [7, 11) is 2.95. The van der Waals surface area contributed by atoms with Crippen LogP contribution >= 0.6 is 11.8 Å². The molecule has 1 atom stereocenters. The van der Waals surface area contributed by atoms with Gasteiger partial charge in [0.25, 0.3) is 0 Å². The van der Waals surface area contributed by atoms with Gasteiger partial charge in [-0.3, -0.25) is 4.79 Å². The first-order valence-electron chi connectivity index (χ1n) is 4.76. The molecule has 0 aliphatic carbocycles. The van der Waals surface area contributed by atoms with Crippen molar-refractivity contribution in [2.24, 2.45) is 0 Å². The van der Waals surface area contributed by atoms with Gasteiger partial charge in [-0.1, -0.05) is 0 Å². The summed E-state index contributed by atoms with van der Waals surface area (Å²) in [5, 5.41) is -0.275. The summed E-state index contributed by atoms with van der Waals surface area (Å²) in [6.45, 7) is 1.78. The molecule has 0 aromatic heterocycles. The fraction of sp³-hybridized carbons (Fsp3) is 0.364. The molecule has 1 unspecified atom stereocenters. The van der Waals surface area contributed by atoms with Gasteiger partial charge in [0.05, 0.1) is 19.1 Å². The van der Waals surface area contributed by atoms with Crippen LogP contribution in [0.2, 0.25) is 0 Å². The highest BCUT2D eigenvalue weighted by molar-refractivity contribution is 8.00. The SMILES string of the molecule is COC(=O)C(C)Sc1ccc(N)cc1OC. The molecular weight excluding hydrogens is 226 g/mol. The number of esters is 1. The van der Waals surface area contributed by atoms with E-state index in [1.807, 2.05) is 6.07 Å². The predicted molar refractivity (Wildman–Crippen MR) is 64.7 cm³/mol. The topological polar surface area (TPSA) is 61.5 Å². The number of hydrogen-bond donors (Lipinski definition) is 1. The molecule has 0 bridgehead atoms. The van der Waals surface area contributed by atoms with E-state index >= 15 is 0 Å². The van der Waals surface area contributed by atoms with Crippen molar-refractivity contribution in [1.82, 2.24) is 0 Å². The minimum absolute atomic E-state index is 0.260. The van der Waals surface area contributed by atoms with Gasteiger partial charge in [0.1, 0.15) is 11.0 Å². The summed E-state index contributed by atoms with van der Waals surface area (Å²) in [6.07, 6.45) is 0. The lowest BCUT2D eigenvalue weighted by molar-refractivity contribution is -0.139. The van der Waals surface area contributed by atoms with Crippen molar-refractivity contribution >= 4 is 23.4 Å². The number of ether oxygens (including phenoxy) is 2. The molecule has 0 radical (unpaired) electrons. The summed E-state index contributed by atoms with van der Waals surface area (Å²) < 4.78 is 9.84. The third kappa shape index (κ3) is 3.06. The smallest absolute Gasteiger partial charge is 0.318 e. The maximum absolute atomic E-state index is 11.3. The number of nitrogen functional groups attached to an aromatic ring is 1. The Balaban J connectivity index is 2.84. The molecule has 5 heteroatoms. The molecule has 0 aliphatic heterocycles. The molecule has 0 saturated carbocycles. The summed E-state index contributed by atoms with van der Waals surface area (Å²) in [5.74, 6) is 0.407. The number of hydrogen-bond acceptors (Lipinski definition) is 5. The van der Waals surface area contributed by atoms with Crippen molar-refractivity contribution in [1.29, 1.82) is 0 Å². The zero-order valence-corrected chi connectivity index (χ0v) is 10.3. The highest BCUT2D eigenvalue weighted by atomic mass is 32.2. The van der Waals surface area contributed by atoms with Crippen molar-refractivity contribution in [2.45, 2.75) is 17.1 Å². The fourth-order valence-electron chi connectivity index (χ4n) is 1.19. The molecular formula is C11H15NO3S. The van der Waals surface area contributed by atoms with Gasteiger partial charge in [-0.2, -0.15) is 0 Å². The van der Waals surface area contributed by atoms with E-state index in [9.17, 15) is 4.79 Å². The van der Waals surface area contributed by atoms with Gasteiger partial charge in [-0.05, 0) is 19.1 Å². The van der Waals surface area contributed by atoms with Gasteiger partial charge >= 0.3 is 5.97 Å². The van der Waals surface area contributed by atoms with Gasteiger partial charge in [-0.25, -0.2) is 0 Å². The van der Waals surface area contributed by atoms with Crippen LogP contribution in [0.4, 0.5) is 5.69 Å². The lowest BCUT2D eigenvalue weighted by Crippen LogP contribution is -2.14. The quantitative estimate of drug-likeness (QED) is 0.496. The number of anilines is 1. The Morgan fingerprint density at radius 2 is 2.12 bits per heavy atom. The Morgan fingerprint density at radius 3 is 2.69 bits per heavy atom. The summed E-state index contributed by atoms with van der Waals surface area (Å²) in [6, 6.07) is 5.33. The Kier molecular flexibility index (Phi) is 4.49. The summed E-state index contributed by atoms with van der Waals surface area (Å²) >= 11 is 1.38. The highest BCUT2D eigenvalue weighted by Gasteiger charge is 2.16. The van der Waals surface area contributed by atoms with Crippen LogP contribution in [-0.2, 0) is 9.53 Å². The van der Waals surface area contributed by atoms with Crippen LogP contribution in [0.3, 0.4) is 0 Å². The molecule has 1 rings (SSSR count). The second-order valence-electron chi connectivity index (χ2n) is 3.19. The van der Waals surface area contributed by atoms with E-state index in [-0.39, 0.29) is 11.2 Å². The number of rotatable bonds is 4. The van der Waals surface area contributed by atoms with Crippen LogP contribution in [0.5, 0.6) is 5.75 Å². The molecule has 0 aliphatic rings. The molecule has 1 aromatic carbocycles. The largest absolute Gasteiger partial charge is 0.496 e. The molecule has 88 valence electrons. The molecule has 0 spiro atoms. The fourth-order valence-corrected chi connectivity index (χ4v) is 2.16. The Morgan fingerprint density at radius 1 is 1.44 bits per heavy atom. The van der Waals surface area contributed by atoms with E-state index in [1.54, 1.807) is 26.2 Å². The molecule has 0 fully saturated rings. The zero-order valence-electron chi connectivity index (χ0n) is 9.52. The minimum Gasteiger partial charge on any atom is -0.496 e. The molecule has 16 heavy (non-hydrogen) atoms. The molecule has 0 saturated heterocycles. The van der Waals surface area contributed by atoms with Crippen LogP contribution in [0.15, 0.2) is 23.1 Å². The van der Waals surface area contributed by atoms with Crippen molar-refractivity contribution < 1.29 is 14.3 Å². The lowest BCUT2D eigenvalue weighted by atomic mass is 10.3. The Hall–Kier alpha value is -1.36. The van der Waals surface area contributed by atoms with Crippen molar-refractivity contribution in [2.75, 3.05) is 20.0 Å². The second-order valence-corrected chi connectivity index (χ2v) is 4.58. The molecule has 2 N–H and O–H groups in total. The number of carbonyl (C=O) groups is 1. The van der Waals surface area contributed by atoms with Gasteiger partial charge in [0.15, 0.2) is 0 Å². The highest BCUT2D eigenvalue weighted by Crippen LogP contribution is 2.33. The lowest BCUT2D eigenvalue weighted by Gasteiger charge is -2.12. The van der Waals surface area contributed by atoms with Crippen molar-refractivity contribution in [3.05, 3.63) is 18.2 Å². The van der Waals surface area contributed by atoms with Gasteiger partial charge in [0.2, 0.25) is 0 Å². The van der Waals surface area contributed by atoms with Crippen molar-refractivity contribution in [3.63, 3.8) is 0 Å². The van der Waals surface area contributed by atoms with E-state index in [4.69, 9.17) is 10.5 Å². The molecule has 4 nitrogen and oxygen atoms in total. The number of thioether (sulfide) groups is 1. The van der Waals surface area contributed by atoms with Crippen molar-refractivity contribution in [3.8, 4) is 5.75 Å². The molecule has 1 aromatic rings. The summed E-state index contributed by atoms with van der Waals surface area (Å²) in [4.78, 5) is 12.1. The van der Waals surface area contributed by atoms with E-state index in [0.717, 1.165) is 4.90 Å². The number of benzene rings is 1. The third-order valence-electron chi connectivity index (χ3n) is 2.02. The van der Waals surface area contributed by atoms with Gasteiger partial charge < -0.3 is 15.2 Å². The third-order valence-corrected chi connectivity index (χ3v) is 3.16. The minimum atomic E-state index is -0.275. The predicted octanol–water partition coefficient (Wildman–Crippen LogP) is 1.93. The molecule has 0 amide bonds. The van der Waals surface area contributed by atoms with E-state index in [0.29, 0.717) is 11.4 Å². The maximum atomic E-state index is 11.3. The van der Waals surface area contributed by atoms with Crippen LogP contribution in [-0.4, -0.2) is 25.4 Å². The monoisotopic (exact) mass is 241 g/mol. The van der Waals surface area contributed by atoms with Gasteiger partial charge in [0, 0.05) is 11.8 Å². The van der Waals surface area contributed by atoms with E-state index in [1.165, 1.54) is 18.9 Å². The molecule has 0 heterocycles. The number of methoxy groups -OCH3 is 2. The first-order valence-corrected chi connectivity index (χ1v) is 5.64. The van der Waals surface area contributed by atoms with Crippen LogP contribution in [0.1, 0.15) is 6.92 Å². The second kappa shape index (κ2) is 5.65. The average Bonchev–Trinajstić information content (AvgIpc) is 2.30. The standard InChI is InChI=1S/C11H15NO3S/c1-7(11(13)15-3)16-10-5-4-8(12)6-9(10)14-2/h4-7H,12H2,1-3H3. The van der Waals surface area contributed by atoms with Gasteiger partial charge in [-0.15, -0.1) is 11.8 Å². The van der Waals surface area contributed by atoms with E-state index in [2.05, 4.69) is 4.74 Å². The zero-order chi connectivity index (χ0) is 12.1. The van der Waals surface area contributed by atoms with Crippen LogP contribution in [0, 0.1) is 0 Å². The first kappa shape index (κ1) is 12.7. The number of nitrogens with two attached hydrogens (primary N) is 1. The average molecular weight is 241 g/mol. The Bertz CT molecular complexity index is 381. The number of carbonyl (C=O) groups excluding carboxylic acids is 1. The summed E-state index contributed by atoms with van der Waals surface area (Å²) in [5.41, 5.74) is 6.27. The Labute approximate surface area is 99.1 Å². The normalized spacial score (nSPS) is 11.9.